The molecule has 2 saturated heterocycles. The van der Waals surface area contributed by atoms with E-state index in [0.29, 0.717) is 17.1 Å². The molecule has 2 N–H and O–H groups in total. The summed E-state index contributed by atoms with van der Waals surface area (Å²) in [5.74, 6) is 0.787. The molecular formula is C19H24ClN5O. The van der Waals surface area contributed by atoms with Gasteiger partial charge in [-0.2, -0.15) is 0 Å². The second-order valence-electron chi connectivity index (χ2n) is 7.24. The molecule has 2 fully saturated rings. The summed E-state index contributed by atoms with van der Waals surface area (Å²) in [7, 11) is 0. The minimum atomic E-state index is -0.195. The molecule has 7 heteroatoms. The lowest BCUT2D eigenvalue weighted by molar-refractivity contribution is 0.0913. The molecule has 26 heavy (non-hydrogen) atoms. The number of nitrogens with one attached hydrogen (secondary N) is 2. The van der Waals surface area contributed by atoms with Gasteiger partial charge in [0, 0.05) is 24.5 Å². The number of nitrogens with zero attached hydrogens (tertiary/aromatic N) is 3. The van der Waals surface area contributed by atoms with Crippen molar-refractivity contribution in [2.45, 2.75) is 63.6 Å². The summed E-state index contributed by atoms with van der Waals surface area (Å²) in [5.41, 5.74) is 0.754. The molecule has 2 atom stereocenters. The number of piperidine rings is 1. The van der Waals surface area contributed by atoms with Gasteiger partial charge in [0.05, 0.1) is 10.7 Å². The minimum Gasteiger partial charge on any atom is -0.346 e. The summed E-state index contributed by atoms with van der Waals surface area (Å²) < 4.78 is 1.70. The first-order valence-corrected chi connectivity index (χ1v) is 9.79. The Morgan fingerprint density at radius 2 is 2.04 bits per heavy atom. The smallest absolute Gasteiger partial charge is 0.291 e. The fourth-order valence-corrected chi connectivity index (χ4v) is 4.28. The maximum atomic E-state index is 12.7. The van der Waals surface area contributed by atoms with E-state index >= 15 is 0 Å². The van der Waals surface area contributed by atoms with Gasteiger partial charge in [0.25, 0.3) is 5.91 Å². The van der Waals surface area contributed by atoms with Crippen LogP contribution in [0.5, 0.6) is 0 Å². The fourth-order valence-electron chi connectivity index (χ4n) is 4.07. The molecule has 0 radical (unpaired) electrons. The van der Waals surface area contributed by atoms with Gasteiger partial charge in [0.2, 0.25) is 5.82 Å². The lowest BCUT2D eigenvalue weighted by atomic mass is 10.00. The van der Waals surface area contributed by atoms with Crippen molar-refractivity contribution >= 4 is 17.5 Å². The quantitative estimate of drug-likeness (QED) is 0.845. The van der Waals surface area contributed by atoms with E-state index in [4.69, 9.17) is 11.6 Å². The molecule has 2 unspecified atom stereocenters. The van der Waals surface area contributed by atoms with Crippen LogP contribution in [0.2, 0.25) is 5.02 Å². The first-order chi connectivity index (χ1) is 12.6. The second kappa shape index (κ2) is 7.37. The average Bonchev–Trinajstić information content (AvgIpc) is 3.19. The lowest BCUT2D eigenvalue weighted by Crippen LogP contribution is -2.48. The zero-order chi connectivity index (χ0) is 18.1. The van der Waals surface area contributed by atoms with Gasteiger partial charge in [-0.1, -0.05) is 30.7 Å². The summed E-state index contributed by atoms with van der Waals surface area (Å²) in [5, 5.41) is 11.8. The predicted octanol–water partition coefficient (Wildman–Crippen LogP) is 2.89. The van der Waals surface area contributed by atoms with E-state index in [9.17, 15) is 4.79 Å². The number of hydrogen-bond acceptors (Lipinski definition) is 4. The number of amides is 1. The van der Waals surface area contributed by atoms with E-state index in [2.05, 4.69) is 27.6 Å². The Kier molecular flexibility index (Phi) is 4.96. The van der Waals surface area contributed by atoms with Gasteiger partial charge in [0.1, 0.15) is 5.82 Å². The van der Waals surface area contributed by atoms with Gasteiger partial charge in [-0.15, -0.1) is 5.10 Å². The van der Waals surface area contributed by atoms with Crippen LogP contribution < -0.4 is 10.6 Å². The molecule has 4 rings (SSSR count). The Morgan fingerprint density at radius 1 is 1.31 bits per heavy atom. The first kappa shape index (κ1) is 17.5. The molecular weight excluding hydrogens is 350 g/mol. The number of benzene rings is 1. The van der Waals surface area contributed by atoms with E-state index in [1.54, 1.807) is 4.68 Å². The number of fused-ring (bicyclic) bond motifs is 2. The van der Waals surface area contributed by atoms with Crippen LogP contribution >= 0.6 is 11.6 Å². The minimum absolute atomic E-state index is 0.195. The van der Waals surface area contributed by atoms with Crippen molar-refractivity contribution in [3.8, 4) is 5.69 Å². The third-order valence-corrected chi connectivity index (χ3v) is 5.56. The Balaban J connectivity index is 1.55. The number of carbonyl (C=O) groups is 1. The van der Waals surface area contributed by atoms with Crippen molar-refractivity contribution in [2.75, 3.05) is 0 Å². The molecule has 138 valence electrons. The summed E-state index contributed by atoms with van der Waals surface area (Å²) in [6, 6.07) is 8.75. The van der Waals surface area contributed by atoms with E-state index in [1.165, 1.54) is 12.8 Å². The number of rotatable bonds is 5. The molecule has 0 saturated carbocycles. The molecule has 0 aliphatic carbocycles. The van der Waals surface area contributed by atoms with E-state index in [0.717, 1.165) is 37.2 Å². The maximum Gasteiger partial charge on any atom is 0.291 e. The molecule has 6 nitrogen and oxygen atoms in total. The zero-order valence-electron chi connectivity index (χ0n) is 14.9. The SMILES string of the molecule is CCCc1nc(C(=O)NC2CC3CCC(C2)N3)nn1-c1ccccc1Cl. The third kappa shape index (κ3) is 3.48. The molecule has 2 aromatic rings. The fraction of sp³-hybridized carbons (Fsp3) is 0.526. The van der Waals surface area contributed by atoms with E-state index in [-0.39, 0.29) is 17.8 Å². The molecule has 2 aliphatic heterocycles. The van der Waals surface area contributed by atoms with Gasteiger partial charge in [-0.05, 0) is 44.2 Å². The van der Waals surface area contributed by atoms with Crippen LogP contribution in [0, 0.1) is 0 Å². The molecule has 3 heterocycles. The standard InChI is InChI=1S/C19H24ClN5O/c1-2-5-17-23-18(24-25(17)16-7-4-3-6-15(16)20)19(26)22-14-10-12-8-9-13(11-14)21-12/h3-4,6-7,12-14,21H,2,5,8-11H2,1H3,(H,22,26). The summed E-state index contributed by atoms with van der Waals surface area (Å²) in [6.07, 6.45) is 6.03. The topological polar surface area (TPSA) is 71.8 Å². The number of aryl methyl sites for hydroxylation is 1. The normalized spacial score (nSPS) is 24.6. The van der Waals surface area contributed by atoms with Crippen molar-refractivity contribution in [2.24, 2.45) is 0 Å². The molecule has 1 aromatic heterocycles. The highest BCUT2D eigenvalue weighted by atomic mass is 35.5. The zero-order valence-corrected chi connectivity index (χ0v) is 15.7. The summed E-state index contributed by atoms with van der Waals surface area (Å²) in [6.45, 7) is 2.08. The van der Waals surface area contributed by atoms with Crippen molar-refractivity contribution in [3.05, 3.63) is 40.9 Å². The van der Waals surface area contributed by atoms with E-state index < -0.39 is 0 Å². The Hall–Kier alpha value is -1.92. The molecule has 2 aliphatic rings. The van der Waals surface area contributed by atoms with Crippen LogP contribution in [0.1, 0.15) is 55.5 Å². The summed E-state index contributed by atoms with van der Waals surface area (Å²) in [4.78, 5) is 17.2. The van der Waals surface area contributed by atoms with Gasteiger partial charge in [-0.25, -0.2) is 9.67 Å². The number of para-hydroxylation sites is 1. The monoisotopic (exact) mass is 373 g/mol. The number of aromatic nitrogens is 3. The predicted molar refractivity (Wildman–Crippen MR) is 101 cm³/mol. The molecule has 1 aromatic carbocycles. The van der Waals surface area contributed by atoms with Gasteiger partial charge in [-0.3, -0.25) is 4.79 Å². The number of carbonyl (C=O) groups excluding carboxylic acids is 1. The second-order valence-corrected chi connectivity index (χ2v) is 7.65. The Bertz CT molecular complexity index is 793. The molecule has 0 spiro atoms. The third-order valence-electron chi connectivity index (χ3n) is 5.24. The Morgan fingerprint density at radius 3 is 2.73 bits per heavy atom. The van der Waals surface area contributed by atoms with Gasteiger partial charge in [0.15, 0.2) is 0 Å². The molecule has 2 bridgehead atoms. The van der Waals surface area contributed by atoms with Crippen LogP contribution in [0.4, 0.5) is 0 Å². The summed E-state index contributed by atoms with van der Waals surface area (Å²) >= 11 is 6.32. The highest BCUT2D eigenvalue weighted by Crippen LogP contribution is 2.27. The highest BCUT2D eigenvalue weighted by Gasteiger charge is 2.34. The van der Waals surface area contributed by atoms with Crippen LogP contribution in [0.25, 0.3) is 5.69 Å². The van der Waals surface area contributed by atoms with Crippen LogP contribution in [0.15, 0.2) is 24.3 Å². The largest absolute Gasteiger partial charge is 0.346 e. The van der Waals surface area contributed by atoms with Crippen molar-refractivity contribution < 1.29 is 4.79 Å². The van der Waals surface area contributed by atoms with Crippen LogP contribution in [-0.4, -0.2) is 38.8 Å². The average molecular weight is 374 g/mol. The van der Waals surface area contributed by atoms with Gasteiger partial charge >= 0.3 is 0 Å². The number of halogens is 1. The lowest BCUT2D eigenvalue weighted by Gasteiger charge is -2.29. The van der Waals surface area contributed by atoms with Crippen molar-refractivity contribution in [1.29, 1.82) is 0 Å². The van der Waals surface area contributed by atoms with Crippen LogP contribution in [0.3, 0.4) is 0 Å². The van der Waals surface area contributed by atoms with Crippen LogP contribution in [-0.2, 0) is 6.42 Å². The first-order valence-electron chi connectivity index (χ1n) is 9.41. The van der Waals surface area contributed by atoms with Gasteiger partial charge < -0.3 is 10.6 Å². The van der Waals surface area contributed by atoms with Crippen molar-refractivity contribution in [1.82, 2.24) is 25.4 Å². The van der Waals surface area contributed by atoms with E-state index in [1.807, 2.05) is 24.3 Å². The molecule has 1 amide bonds. The highest BCUT2D eigenvalue weighted by molar-refractivity contribution is 6.32. The Labute approximate surface area is 158 Å². The maximum absolute atomic E-state index is 12.7. The number of hydrogen-bond donors (Lipinski definition) is 2. The van der Waals surface area contributed by atoms with Crippen molar-refractivity contribution in [3.63, 3.8) is 0 Å².